The smallest absolute Gasteiger partial charge is 0.327 e. The van der Waals surface area contributed by atoms with E-state index in [2.05, 4.69) is 30.8 Å². The van der Waals surface area contributed by atoms with Crippen LogP contribution < -0.4 is 10.2 Å². The lowest BCUT2D eigenvalue weighted by Crippen LogP contribution is -2.43. The quantitative estimate of drug-likeness (QED) is 0.712. The molecule has 0 aliphatic carbocycles. The van der Waals surface area contributed by atoms with Crippen LogP contribution in [0.3, 0.4) is 0 Å². The Balaban J connectivity index is 1.75. The molecular formula is C10H13N7O3. The molecule has 10 nitrogen and oxygen atoms in total. The molecule has 20 heavy (non-hydrogen) atoms. The van der Waals surface area contributed by atoms with Crippen LogP contribution in [0.1, 0.15) is 0 Å². The largest absolute Gasteiger partial charge is 0.480 e. The summed E-state index contributed by atoms with van der Waals surface area (Å²) in [6, 6.07) is 1.73. The van der Waals surface area contributed by atoms with Gasteiger partial charge in [0.2, 0.25) is 11.6 Å². The number of hydrogen-bond donors (Lipinski definition) is 2. The van der Waals surface area contributed by atoms with Gasteiger partial charge >= 0.3 is 5.97 Å². The zero-order chi connectivity index (χ0) is 13.9. The molecule has 2 aromatic rings. The molecule has 2 N–H and O–H groups in total. The Bertz CT molecular complexity index is 602. The van der Waals surface area contributed by atoms with E-state index in [4.69, 9.17) is 9.63 Å². The first kappa shape index (κ1) is 12.5. The number of nitrogens with one attached hydrogen (secondary N) is 1. The topological polar surface area (TPSA) is 122 Å². The molecule has 0 spiro atoms. The molecule has 0 bridgehead atoms. The molecule has 1 saturated heterocycles. The van der Waals surface area contributed by atoms with Crippen molar-refractivity contribution in [1.82, 2.24) is 30.7 Å². The lowest BCUT2D eigenvalue weighted by molar-refractivity contribution is -0.138. The zero-order valence-corrected chi connectivity index (χ0v) is 10.6. The monoisotopic (exact) mass is 279 g/mol. The van der Waals surface area contributed by atoms with Crippen LogP contribution in [0.2, 0.25) is 0 Å². The Kier molecular flexibility index (Phi) is 3.29. The number of rotatable bonds is 4. The zero-order valence-electron chi connectivity index (χ0n) is 10.6. The molecular weight excluding hydrogens is 266 g/mol. The van der Waals surface area contributed by atoms with Crippen molar-refractivity contribution < 1.29 is 14.4 Å². The number of carbonyl (C=O) groups is 1. The summed E-state index contributed by atoms with van der Waals surface area (Å²) in [5, 5.41) is 27.2. The second kappa shape index (κ2) is 5.25. The number of hydrogen-bond acceptors (Lipinski definition) is 8. The summed E-state index contributed by atoms with van der Waals surface area (Å²) in [6.07, 6.45) is 0. The fourth-order valence-corrected chi connectivity index (χ4v) is 1.94. The summed E-state index contributed by atoms with van der Waals surface area (Å²) in [7, 11) is 0. The van der Waals surface area contributed by atoms with Crippen molar-refractivity contribution in [2.24, 2.45) is 0 Å². The summed E-state index contributed by atoms with van der Waals surface area (Å²) in [5.74, 6) is 0.277. The number of carboxylic acids is 1. The molecule has 3 heterocycles. The minimum atomic E-state index is -1.03. The van der Waals surface area contributed by atoms with Gasteiger partial charge in [-0.3, -0.25) is 4.79 Å². The van der Waals surface area contributed by atoms with Crippen LogP contribution in [-0.4, -0.2) is 62.6 Å². The van der Waals surface area contributed by atoms with E-state index in [0.29, 0.717) is 5.76 Å². The van der Waals surface area contributed by atoms with Crippen molar-refractivity contribution in [3.05, 3.63) is 6.07 Å². The molecule has 0 atom stereocenters. The summed E-state index contributed by atoms with van der Waals surface area (Å²) in [5.41, 5.74) is 0. The number of anilines is 1. The SMILES string of the molecule is O=C(O)Cn1nnc(-c2cc(N3CCNCC3)no2)n1. The van der Waals surface area contributed by atoms with E-state index in [1.165, 1.54) is 0 Å². The Labute approximate surface area is 113 Å². The molecule has 0 amide bonds. The minimum absolute atomic E-state index is 0.222. The van der Waals surface area contributed by atoms with Gasteiger partial charge in [0.1, 0.15) is 0 Å². The number of aromatic nitrogens is 5. The number of piperazine rings is 1. The van der Waals surface area contributed by atoms with Gasteiger partial charge in [0.05, 0.1) is 0 Å². The normalized spacial score (nSPS) is 15.5. The van der Waals surface area contributed by atoms with E-state index in [9.17, 15) is 4.79 Å². The van der Waals surface area contributed by atoms with Crippen LogP contribution in [0.25, 0.3) is 11.6 Å². The van der Waals surface area contributed by atoms with Crippen molar-refractivity contribution in [2.75, 3.05) is 31.1 Å². The number of carboxylic acid groups (broad SMARTS) is 1. The van der Waals surface area contributed by atoms with E-state index in [1.807, 2.05) is 0 Å². The fraction of sp³-hybridized carbons (Fsp3) is 0.500. The van der Waals surface area contributed by atoms with Gasteiger partial charge in [0, 0.05) is 32.2 Å². The van der Waals surface area contributed by atoms with Crippen LogP contribution in [0.5, 0.6) is 0 Å². The average Bonchev–Trinajstić information content (AvgIpc) is 3.07. The molecule has 2 aromatic heterocycles. The van der Waals surface area contributed by atoms with Crippen LogP contribution in [0.15, 0.2) is 10.6 Å². The van der Waals surface area contributed by atoms with E-state index < -0.39 is 5.97 Å². The molecule has 10 heteroatoms. The third-order valence-corrected chi connectivity index (χ3v) is 2.89. The molecule has 106 valence electrons. The van der Waals surface area contributed by atoms with Gasteiger partial charge in [0.15, 0.2) is 12.4 Å². The maximum Gasteiger partial charge on any atom is 0.327 e. The highest BCUT2D eigenvalue weighted by molar-refractivity contribution is 5.66. The Morgan fingerprint density at radius 3 is 3.00 bits per heavy atom. The summed E-state index contributed by atoms with van der Waals surface area (Å²) < 4.78 is 5.18. The van der Waals surface area contributed by atoms with Crippen LogP contribution in [0.4, 0.5) is 5.82 Å². The number of tetrazole rings is 1. The van der Waals surface area contributed by atoms with Gasteiger partial charge in [-0.15, -0.1) is 10.2 Å². The van der Waals surface area contributed by atoms with Gasteiger partial charge in [-0.1, -0.05) is 5.16 Å². The first-order chi connectivity index (χ1) is 9.72. The second-order valence-electron chi connectivity index (χ2n) is 4.32. The maximum absolute atomic E-state index is 10.5. The van der Waals surface area contributed by atoms with Crippen LogP contribution in [0, 0.1) is 0 Å². The van der Waals surface area contributed by atoms with Crippen LogP contribution >= 0.6 is 0 Å². The first-order valence-corrected chi connectivity index (χ1v) is 6.15. The highest BCUT2D eigenvalue weighted by atomic mass is 16.5. The molecule has 0 saturated carbocycles. The molecule has 0 radical (unpaired) electrons. The lowest BCUT2D eigenvalue weighted by atomic mass is 10.3. The van der Waals surface area contributed by atoms with Crippen molar-refractivity contribution in [3.63, 3.8) is 0 Å². The maximum atomic E-state index is 10.5. The Hall–Kier alpha value is -2.49. The van der Waals surface area contributed by atoms with Crippen LogP contribution in [-0.2, 0) is 11.3 Å². The van der Waals surface area contributed by atoms with E-state index in [-0.39, 0.29) is 12.4 Å². The third kappa shape index (κ3) is 2.59. The van der Waals surface area contributed by atoms with Gasteiger partial charge in [0.25, 0.3) is 0 Å². The van der Waals surface area contributed by atoms with Crippen molar-refractivity contribution in [2.45, 2.75) is 6.54 Å². The predicted octanol–water partition coefficient (Wildman–Crippen LogP) is -1.18. The summed E-state index contributed by atoms with van der Waals surface area (Å²) in [4.78, 5) is 13.6. The van der Waals surface area contributed by atoms with Gasteiger partial charge < -0.3 is 19.8 Å². The van der Waals surface area contributed by atoms with Crippen molar-refractivity contribution in [3.8, 4) is 11.6 Å². The number of aliphatic carboxylic acids is 1. The highest BCUT2D eigenvalue weighted by Crippen LogP contribution is 2.21. The molecule has 3 rings (SSSR count). The predicted molar refractivity (Wildman–Crippen MR) is 66.0 cm³/mol. The van der Waals surface area contributed by atoms with Gasteiger partial charge in [-0.25, -0.2) is 0 Å². The van der Waals surface area contributed by atoms with Gasteiger partial charge in [-0.05, 0) is 5.21 Å². The molecule has 1 fully saturated rings. The second-order valence-corrected chi connectivity index (χ2v) is 4.32. The summed E-state index contributed by atoms with van der Waals surface area (Å²) >= 11 is 0. The van der Waals surface area contributed by atoms with E-state index in [0.717, 1.165) is 36.8 Å². The van der Waals surface area contributed by atoms with E-state index >= 15 is 0 Å². The van der Waals surface area contributed by atoms with Crippen molar-refractivity contribution >= 4 is 11.8 Å². The lowest BCUT2D eigenvalue weighted by Gasteiger charge is -2.26. The van der Waals surface area contributed by atoms with Gasteiger partial charge in [-0.2, -0.15) is 4.80 Å². The minimum Gasteiger partial charge on any atom is -0.480 e. The Morgan fingerprint density at radius 2 is 2.25 bits per heavy atom. The fourth-order valence-electron chi connectivity index (χ4n) is 1.94. The highest BCUT2D eigenvalue weighted by Gasteiger charge is 2.18. The number of nitrogens with zero attached hydrogens (tertiary/aromatic N) is 6. The van der Waals surface area contributed by atoms with Crippen molar-refractivity contribution in [1.29, 1.82) is 0 Å². The standard InChI is InChI=1S/C10H13N7O3/c18-9(19)6-17-13-10(12-15-17)7-5-8(14-20-7)16-3-1-11-2-4-16/h5,11H,1-4,6H2,(H,18,19). The average molecular weight is 279 g/mol. The molecule has 0 unspecified atom stereocenters. The van der Waals surface area contributed by atoms with E-state index in [1.54, 1.807) is 6.07 Å². The molecule has 0 aromatic carbocycles. The summed E-state index contributed by atoms with van der Waals surface area (Å²) in [6.45, 7) is 3.16. The Morgan fingerprint density at radius 1 is 1.45 bits per heavy atom. The first-order valence-electron chi connectivity index (χ1n) is 6.15. The third-order valence-electron chi connectivity index (χ3n) is 2.89. The molecule has 1 aliphatic heterocycles. The molecule has 1 aliphatic rings.